The largest absolute Gasteiger partial charge is 0.490 e. The topological polar surface area (TPSA) is 91.8 Å². The average molecular weight is 416 g/mol. The molecule has 0 aliphatic carbocycles. The molecule has 0 heterocycles. The Balaban J connectivity index is 1.81. The van der Waals surface area contributed by atoms with Crippen LogP contribution in [-0.4, -0.2) is 50.5 Å². The zero-order valence-corrected chi connectivity index (χ0v) is 17.9. The zero-order valence-electron chi connectivity index (χ0n) is 17.9. The van der Waals surface area contributed by atoms with Crippen LogP contribution < -0.4 is 25.4 Å². The van der Waals surface area contributed by atoms with E-state index in [1.54, 1.807) is 0 Å². The molecule has 0 spiro atoms. The highest BCUT2D eigenvalue weighted by Gasteiger charge is 2.10. The number of aryl methyl sites for hydroxylation is 1. The van der Waals surface area contributed by atoms with Crippen LogP contribution in [0.4, 0.5) is 5.69 Å². The number of hydrogen-bond acceptors (Lipinski definition) is 6. The van der Waals surface area contributed by atoms with E-state index in [0.717, 1.165) is 36.3 Å². The number of carbonyl (C=O) groups excluding carboxylic acids is 1. The van der Waals surface area contributed by atoms with Gasteiger partial charge in [-0.2, -0.15) is 0 Å². The van der Waals surface area contributed by atoms with Crippen molar-refractivity contribution in [3.8, 4) is 11.5 Å². The maximum Gasteiger partial charge on any atom is 0.262 e. The third-order valence-electron chi connectivity index (χ3n) is 4.33. The van der Waals surface area contributed by atoms with Gasteiger partial charge in [0.25, 0.3) is 5.91 Å². The van der Waals surface area contributed by atoms with Crippen LogP contribution in [-0.2, 0) is 11.3 Å². The lowest BCUT2D eigenvalue weighted by atomic mass is 10.2. The number of carbonyl (C=O) groups is 1. The first-order valence-electron chi connectivity index (χ1n) is 10.4. The molecule has 0 saturated carbocycles. The number of hydrogen-bond donors (Lipinski definition) is 4. The van der Waals surface area contributed by atoms with E-state index in [1.807, 2.05) is 56.3 Å². The first-order valence-corrected chi connectivity index (χ1v) is 10.4. The van der Waals surface area contributed by atoms with Crippen molar-refractivity contribution in [1.82, 2.24) is 10.6 Å². The molecule has 4 N–H and O–H groups in total. The summed E-state index contributed by atoms with van der Waals surface area (Å²) in [6.07, 6.45) is 0.982. The quantitative estimate of drug-likeness (QED) is 0.354. The highest BCUT2D eigenvalue weighted by Crippen LogP contribution is 2.28. The van der Waals surface area contributed by atoms with Gasteiger partial charge in [-0.05, 0) is 63.2 Å². The maximum absolute atomic E-state index is 12.2. The SMILES string of the molecule is CCOc1cc(CNCCCNCCO)ccc1OCC(=O)Nc1ccc(C)cc1. The molecule has 2 aromatic carbocycles. The molecule has 0 aromatic heterocycles. The summed E-state index contributed by atoms with van der Waals surface area (Å²) in [5, 5.41) is 18.1. The van der Waals surface area contributed by atoms with Crippen LogP contribution in [0.5, 0.6) is 11.5 Å². The summed E-state index contributed by atoms with van der Waals surface area (Å²) in [7, 11) is 0. The lowest BCUT2D eigenvalue weighted by Gasteiger charge is -2.14. The average Bonchev–Trinajstić information content (AvgIpc) is 2.74. The summed E-state index contributed by atoms with van der Waals surface area (Å²) in [4.78, 5) is 12.2. The molecule has 30 heavy (non-hydrogen) atoms. The molecule has 7 heteroatoms. The van der Waals surface area contributed by atoms with Crippen LogP contribution in [0.25, 0.3) is 0 Å². The van der Waals surface area contributed by atoms with E-state index < -0.39 is 0 Å². The van der Waals surface area contributed by atoms with Crippen molar-refractivity contribution in [1.29, 1.82) is 0 Å². The van der Waals surface area contributed by atoms with Crippen LogP contribution in [0.2, 0.25) is 0 Å². The summed E-state index contributed by atoms with van der Waals surface area (Å²) in [5.74, 6) is 0.958. The zero-order chi connectivity index (χ0) is 21.6. The van der Waals surface area contributed by atoms with Crippen molar-refractivity contribution in [3.05, 3.63) is 53.6 Å². The van der Waals surface area contributed by atoms with E-state index in [4.69, 9.17) is 14.6 Å². The Labute approximate surface area is 178 Å². The van der Waals surface area contributed by atoms with Gasteiger partial charge in [-0.15, -0.1) is 0 Å². The van der Waals surface area contributed by atoms with Crippen molar-refractivity contribution in [2.75, 3.05) is 44.8 Å². The van der Waals surface area contributed by atoms with Gasteiger partial charge in [-0.25, -0.2) is 0 Å². The Morgan fingerprint density at radius 2 is 1.73 bits per heavy atom. The number of nitrogens with one attached hydrogen (secondary N) is 3. The molecular formula is C23H33N3O4. The van der Waals surface area contributed by atoms with Gasteiger partial charge >= 0.3 is 0 Å². The molecule has 0 aliphatic heterocycles. The molecule has 0 radical (unpaired) electrons. The van der Waals surface area contributed by atoms with Crippen molar-refractivity contribution < 1.29 is 19.4 Å². The van der Waals surface area contributed by atoms with E-state index >= 15 is 0 Å². The van der Waals surface area contributed by atoms with E-state index in [0.29, 0.717) is 31.2 Å². The Hall–Kier alpha value is -2.61. The number of benzene rings is 2. The van der Waals surface area contributed by atoms with E-state index in [-0.39, 0.29) is 19.1 Å². The van der Waals surface area contributed by atoms with E-state index in [9.17, 15) is 4.79 Å². The summed E-state index contributed by atoms with van der Waals surface area (Å²) in [6.45, 7) is 7.59. The Morgan fingerprint density at radius 3 is 2.47 bits per heavy atom. The first kappa shape index (κ1) is 23.7. The first-order chi connectivity index (χ1) is 14.6. The minimum Gasteiger partial charge on any atom is -0.490 e. The van der Waals surface area contributed by atoms with Crippen molar-refractivity contribution >= 4 is 11.6 Å². The number of ether oxygens (including phenoxy) is 2. The van der Waals surface area contributed by atoms with Crippen molar-refractivity contribution in [2.24, 2.45) is 0 Å². The molecular weight excluding hydrogens is 382 g/mol. The summed E-state index contributed by atoms with van der Waals surface area (Å²) in [6, 6.07) is 13.4. The van der Waals surface area contributed by atoms with Crippen molar-refractivity contribution in [2.45, 2.75) is 26.8 Å². The second kappa shape index (κ2) is 13.6. The normalized spacial score (nSPS) is 10.6. The predicted octanol–water partition coefficient (Wildman–Crippen LogP) is 2.47. The number of aliphatic hydroxyl groups is 1. The molecule has 0 saturated heterocycles. The monoisotopic (exact) mass is 415 g/mol. The fourth-order valence-electron chi connectivity index (χ4n) is 2.80. The predicted molar refractivity (Wildman–Crippen MR) is 119 cm³/mol. The van der Waals surface area contributed by atoms with Crippen molar-refractivity contribution in [3.63, 3.8) is 0 Å². The Morgan fingerprint density at radius 1 is 0.967 bits per heavy atom. The second-order valence-electron chi connectivity index (χ2n) is 6.92. The van der Waals surface area contributed by atoms with Crippen LogP contribution in [0.3, 0.4) is 0 Å². The summed E-state index contributed by atoms with van der Waals surface area (Å²) < 4.78 is 11.4. The number of aliphatic hydroxyl groups excluding tert-OH is 1. The molecule has 2 rings (SSSR count). The van der Waals surface area contributed by atoms with Gasteiger partial charge in [-0.1, -0.05) is 23.8 Å². The smallest absolute Gasteiger partial charge is 0.262 e. The fourth-order valence-corrected chi connectivity index (χ4v) is 2.80. The van der Waals surface area contributed by atoms with Gasteiger partial charge in [0.05, 0.1) is 13.2 Å². The van der Waals surface area contributed by atoms with Crippen LogP contribution in [0, 0.1) is 6.92 Å². The minimum atomic E-state index is -0.221. The van der Waals surface area contributed by atoms with Crippen LogP contribution >= 0.6 is 0 Å². The van der Waals surface area contributed by atoms with Gasteiger partial charge in [-0.3, -0.25) is 4.79 Å². The molecule has 0 unspecified atom stereocenters. The molecule has 0 bridgehead atoms. The van der Waals surface area contributed by atoms with Crippen LogP contribution in [0.15, 0.2) is 42.5 Å². The minimum absolute atomic E-state index is 0.0909. The van der Waals surface area contributed by atoms with Gasteiger partial charge in [0.15, 0.2) is 18.1 Å². The third kappa shape index (κ3) is 8.82. The molecule has 0 aliphatic rings. The molecule has 0 atom stereocenters. The number of amides is 1. The van der Waals surface area contributed by atoms with E-state index in [1.165, 1.54) is 0 Å². The highest BCUT2D eigenvalue weighted by molar-refractivity contribution is 5.91. The molecule has 164 valence electrons. The molecule has 0 fully saturated rings. The second-order valence-corrected chi connectivity index (χ2v) is 6.92. The number of rotatable bonds is 14. The van der Waals surface area contributed by atoms with Crippen LogP contribution in [0.1, 0.15) is 24.5 Å². The lowest BCUT2D eigenvalue weighted by molar-refractivity contribution is -0.118. The molecule has 1 amide bonds. The van der Waals surface area contributed by atoms with Gasteiger partial charge < -0.3 is 30.5 Å². The summed E-state index contributed by atoms with van der Waals surface area (Å²) >= 11 is 0. The van der Waals surface area contributed by atoms with E-state index in [2.05, 4.69) is 16.0 Å². The third-order valence-corrected chi connectivity index (χ3v) is 4.33. The van der Waals surface area contributed by atoms with Gasteiger partial charge in [0.1, 0.15) is 0 Å². The summed E-state index contributed by atoms with van der Waals surface area (Å²) in [5.41, 5.74) is 2.96. The lowest BCUT2D eigenvalue weighted by Crippen LogP contribution is -2.23. The fraction of sp³-hybridized carbons (Fsp3) is 0.435. The highest BCUT2D eigenvalue weighted by atomic mass is 16.5. The van der Waals surface area contributed by atoms with Gasteiger partial charge in [0.2, 0.25) is 0 Å². The molecule has 7 nitrogen and oxygen atoms in total. The number of anilines is 1. The molecule has 2 aromatic rings. The Kier molecular flexibility index (Phi) is 10.7. The standard InChI is InChI=1S/C23H33N3O4/c1-3-29-22-15-19(16-25-12-4-11-24-13-14-27)7-10-21(22)30-17-23(28)26-20-8-5-18(2)6-9-20/h5-10,15,24-25,27H,3-4,11-14,16-17H2,1-2H3,(H,26,28). The maximum atomic E-state index is 12.2. The Bertz CT molecular complexity index is 766. The van der Waals surface area contributed by atoms with Gasteiger partial charge in [0, 0.05) is 18.8 Å².